The summed E-state index contributed by atoms with van der Waals surface area (Å²) >= 11 is 1.14. The summed E-state index contributed by atoms with van der Waals surface area (Å²) in [6, 6.07) is 16.8. The molecular formula is C20H22N6O2S. The van der Waals surface area contributed by atoms with E-state index in [1.165, 1.54) is 9.70 Å². The minimum atomic E-state index is -0.0850. The van der Waals surface area contributed by atoms with Crippen LogP contribution in [0.25, 0.3) is 11.4 Å². The number of hydrogen-bond acceptors (Lipinski definition) is 6. The maximum atomic E-state index is 12.1. The highest BCUT2D eigenvalue weighted by molar-refractivity contribution is 8.13. The van der Waals surface area contributed by atoms with Gasteiger partial charge in [0.05, 0.1) is 6.54 Å². The Labute approximate surface area is 173 Å². The molecule has 9 heteroatoms. The fourth-order valence-corrected chi connectivity index (χ4v) is 3.10. The summed E-state index contributed by atoms with van der Waals surface area (Å²) in [6.07, 6.45) is 0.944. The highest BCUT2D eigenvalue weighted by Gasteiger charge is 2.09. The normalized spacial score (nSPS) is 10.6. The largest absolute Gasteiger partial charge is 0.339 e. The van der Waals surface area contributed by atoms with Gasteiger partial charge in [-0.1, -0.05) is 30.3 Å². The van der Waals surface area contributed by atoms with Crippen LogP contribution in [-0.2, 0) is 11.3 Å². The molecular weight excluding hydrogens is 388 g/mol. The van der Waals surface area contributed by atoms with Crippen molar-refractivity contribution in [3.63, 3.8) is 0 Å². The summed E-state index contributed by atoms with van der Waals surface area (Å²) in [4.78, 5) is 27.7. The lowest BCUT2D eigenvalue weighted by molar-refractivity contribution is -0.116. The smallest absolute Gasteiger partial charge is 0.285 e. The number of aryl methyl sites for hydroxylation is 1. The topological polar surface area (TPSA) is 93.0 Å². The van der Waals surface area contributed by atoms with Crippen LogP contribution in [0.1, 0.15) is 12.8 Å². The molecule has 0 saturated heterocycles. The molecule has 0 radical (unpaired) electrons. The van der Waals surface area contributed by atoms with E-state index < -0.39 is 0 Å². The average Bonchev–Trinajstić information content (AvgIpc) is 3.19. The summed E-state index contributed by atoms with van der Waals surface area (Å²) in [5.74, 6) is 0.485. The third-order valence-corrected chi connectivity index (χ3v) is 5.00. The van der Waals surface area contributed by atoms with Gasteiger partial charge in [-0.3, -0.25) is 9.59 Å². The Kier molecular flexibility index (Phi) is 6.96. The highest BCUT2D eigenvalue weighted by Crippen LogP contribution is 2.22. The molecule has 0 atom stereocenters. The van der Waals surface area contributed by atoms with Gasteiger partial charge in [-0.15, -0.1) is 10.2 Å². The van der Waals surface area contributed by atoms with Crippen LogP contribution in [0.4, 0.5) is 10.5 Å². The van der Waals surface area contributed by atoms with E-state index in [1.54, 1.807) is 26.2 Å². The predicted octanol–water partition coefficient (Wildman–Crippen LogP) is 3.53. The first-order valence-corrected chi connectivity index (χ1v) is 9.95. The lowest BCUT2D eigenvalue weighted by Gasteiger charge is -2.09. The molecule has 150 valence electrons. The molecule has 0 fully saturated rings. The van der Waals surface area contributed by atoms with E-state index >= 15 is 0 Å². The van der Waals surface area contributed by atoms with Crippen LogP contribution >= 0.6 is 11.8 Å². The molecule has 0 aliphatic carbocycles. The van der Waals surface area contributed by atoms with Gasteiger partial charge in [0.15, 0.2) is 0 Å². The number of carbonyl (C=O) groups is 2. The summed E-state index contributed by atoms with van der Waals surface area (Å²) in [5.41, 5.74) is 1.60. The fourth-order valence-electron chi connectivity index (χ4n) is 2.44. The van der Waals surface area contributed by atoms with Gasteiger partial charge in [0.25, 0.3) is 5.24 Å². The molecule has 29 heavy (non-hydrogen) atoms. The molecule has 0 spiro atoms. The number of rotatable bonds is 7. The SMILES string of the molecule is CN(C)C(=O)Sc1ccc(NC(=O)CCCn2nnc(-c3ccccc3)n2)cc1. The first-order valence-electron chi connectivity index (χ1n) is 9.13. The Balaban J connectivity index is 1.43. The number of nitrogens with zero attached hydrogens (tertiary/aromatic N) is 5. The molecule has 0 unspecified atom stereocenters. The molecule has 0 saturated carbocycles. The first kappa shape index (κ1) is 20.5. The van der Waals surface area contributed by atoms with Gasteiger partial charge < -0.3 is 10.2 Å². The molecule has 2 amide bonds. The van der Waals surface area contributed by atoms with E-state index in [9.17, 15) is 9.59 Å². The maximum Gasteiger partial charge on any atom is 0.285 e. The van der Waals surface area contributed by atoms with Crippen molar-refractivity contribution in [2.75, 3.05) is 19.4 Å². The summed E-state index contributed by atoms with van der Waals surface area (Å²) < 4.78 is 0. The van der Waals surface area contributed by atoms with Gasteiger partial charge in [-0.05, 0) is 47.7 Å². The third-order valence-electron chi connectivity index (χ3n) is 3.96. The van der Waals surface area contributed by atoms with Crippen LogP contribution in [0, 0.1) is 0 Å². The first-order chi connectivity index (χ1) is 14.0. The van der Waals surface area contributed by atoms with E-state index in [2.05, 4.69) is 20.7 Å². The molecule has 3 aromatic rings. The minimum Gasteiger partial charge on any atom is -0.339 e. The molecule has 1 N–H and O–H groups in total. The lowest BCUT2D eigenvalue weighted by atomic mass is 10.2. The van der Waals surface area contributed by atoms with Crippen molar-refractivity contribution in [2.24, 2.45) is 0 Å². The molecule has 3 rings (SSSR count). The molecule has 8 nitrogen and oxygen atoms in total. The molecule has 0 bridgehead atoms. The van der Waals surface area contributed by atoms with Crippen molar-refractivity contribution in [1.82, 2.24) is 25.1 Å². The number of tetrazole rings is 1. The quantitative estimate of drug-likeness (QED) is 0.599. The van der Waals surface area contributed by atoms with E-state index in [4.69, 9.17) is 0 Å². The Morgan fingerprint density at radius 2 is 1.79 bits per heavy atom. The number of carbonyl (C=O) groups excluding carboxylic acids is 2. The van der Waals surface area contributed by atoms with E-state index in [0.717, 1.165) is 22.2 Å². The maximum absolute atomic E-state index is 12.1. The zero-order valence-corrected chi connectivity index (χ0v) is 17.1. The second-order valence-corrected chi connectivity index (χ2v) is 7.54. The fraction of sp³-hybridized carbons (Fsp3) is 0.250. The van der Waals surface area contributed by atoms with Crippen molar-refractivity contribution in [1.29, 1.82) is 0 Å². The molecule has 2 aromatic carbocycles. The second kappa shape index (κ2) is 9.83. The molecule has 1 aromatic heterocycles. The van der Waals surface area contributed by atoms with Crippen LogP contribution in [0.2, 0.25) is 0 Å². The standard InChI is InChI=1S/C20H22N6O2S/c1-25(2)20(28)29-17-12-10-16(11-13-17)21-18(27)9-6-14-26-23-19(22-24-26)15-7-4-3-5-8-15/h3-5,7-8,10-13H,6,9,14H2,1-2H3,(H,21,27). The predicted molar refractivity (Wildman–Crippen MR) is 112 cm³/mol. The van der Waals surface area contributed by atoms with Crippen molar-refractivity contribution < 1.29 is 9.59 Å². The molecule has 0 aliphatic rings. The van der Waals surface area contributed by atoms with Crippen LogP contribution < -0.4 is 5.32 Å². The Hall–Kier alpha value is -3.20. The Morgan fingerprint density at radius 1 is 1.07 bits per heavy atom. The van der Waals surface area contributed by atoms with Crippen LogP contribution in [0.5, 0.6) is 0 Å². The van der Waals surface area contributed by atoms with E-state index in [0.29, 0.717) is 30.9 Å². The minimum absolute atomic E-state index is 0.0427. The van der Waals surface area contributed by atoms with Crippen LogP contribution in [-0.4, -0.2) is 50.3 Å². The van der Waals surface area contributed by atoms with Crippen LogP contribution in [0.15, 0.2) is 59.5 Å². The van der Waals surface area contributed by atoms with Gasteiger partial charge in [-0.25, -0.2) is 0 Å². The number of aromatic nitrogens is 4. The van der Waals surface area contributed by atoms with E-state index in [1.807, 2.05) is 42.5 Å². The molecule has 0 aliphatic heterocycles. The third kappa shape index (κ3) is 6.15. The zero-order valence-electron chi connectivity index (χ0n) is 16.3. The van der Waals surface area contributed by atoms with Gasteiger partial charge in [0.1, 0.15) is 0 Å². The van der Waals surface area contributed by atoms with Gasteiger partial charge in [-0.2, -0.15) is 4.80 Å². The zero-order chi connectivity index (χ0) is 20.6. The second-order valence-electron chi connectivity index (χ2n) is 6.51. The van der Waals surface area contributed by atoms with Gasteiger partial charge in [0, 0.05) is 36.7 Å². The number of thioether (sulfide) groups is 1. The van der Waals surface area contributed by atoms with Gasteiger partial charge >= 0.3 is 0 Å². The van der Waals surface area contributed by atoms with Crippen molar-refractivity contribution in [2.45, 2.75) is 24.3 Å². The number of anilines is 1. The summed E-state index contributed by atoms with van der Waals surface area (Å²) in [5, 5.41) is 15.2. The van der Waals surface area contributed by atoms with Crippen molar-refractivity contribution in [3.8, 4) is 11.4 Å². The number of hydrogen-bond donors (Lipinski definition) is 1. The van der Waals surface area contributed by atoms with Crippen molar-refractivity contribution in [3.05, 3.63) is 54.6 Å². The van der Waals surface area contributed by atoms with E-state index in [-0.39, 0.29) is 11.1 Å². The average molecular weight is 411 g/mol. The number of amides is 2. The number of nitrogens with one attached hydrogen (secondary N) is 1. The summed E-state index contributed by atoms with van der Waals surface area (Å²) in [6.45, 7) is 0.509. The summed E-state index contributed by atoms with van der Waals surface area (Å²) in [7, 11) is 3.42. The number of benzene rings is 2. The van der Waals surface area contributed by atoms with Gasteiger partial charge in [0.2, 0.25) is 11.7 Å². The Morgan fingerprint density at radius 3 is 2.48 bits per heavy atom. The van der Waals surface area contributed by atoms with Crippen LogP contribution in [0.3, 0.4) is 0 Å². The highest BCUT2D eigenvalue weighted by atomic mass is 32.2. The van der Waals surface area contributed by atoms with Crippen molar-refractivity contribution >= 4 is 28.6 Å². The lowest BCUT2D eigenvalue weighted by Crippen LogP contribution is -2.16. The monoisotopic (exact) mass is 410 g/mol. The molecule has 1 heterocycles. The Bertz CT molecular complexity index is 957.